The summed E-state index contributed by atoms with van der Waals surface area (Å²) in [5.41, 5.74) is 6.59. The predicted molar refractivity (Wildman–Crippen MR) is 64.3 cm³/mol. The molecule has 16 heavy (non-hydrogen) atoms. The zero-order valence-electron chi connectivity index (χ0n) is 9.78. The molecule has 2 heterocycles. The van der Waals surface area contributed by atoms with Crippen LogP contribution in [0.4, 0.5) is 5.82 Å². The van der Waals surface area contributed by atoms with Gasteiger partial charge >= 0.3 is 0 Å². The molecule has 1 amide bonds. The van der Waals surface area contributed by atoms with Crippen molar-refractivity contribution < 1.29 is 4.79 Å². The number of hydrogen-bond acceptors (Lipinski definition) is 2. The lowest BCUT2D eigenvalue weighted by Gasteiger charge is -2.26. The Labute approximate surface area is 96.0 Å². The number of aromatic nitrogens is 1. The molecule has 0 radical (unpaired) electrons. The van der Waals surface area contributed by atoms with E-state index in [9.17, 15) is 4.79 Å². The second-order valence-corrected chi connectivity index (χ2v) is 4.25. The maximum atomic E-state index is 12.2. The second kappa shape index (κ2) is 4.60. The van der Waals surface area contributed by atoms with Gasteiger partial charge in [0.25, 0.3) is 5.91 Å². The number of amides is 1. The molecule has 0 atom stereocenters. The minimum Gasteiger partial charge on any atom is -0.384 e. The van der Waals surface area contributed by atoms with E-state index >= 15 is 0 Å². The van der Waals surface area contributed by atoms with Crippen LogP contribution in [0.25, 0.3) is 0 Å². The van der Waals surface area contributed by atoms with Gasteiger partial charge in [-0.1, -0.05) is 0 Å². The Hall–Kier alpha value is -1.45. The first kappa shape index (κ1) is 11.0. The number of piperidine rings is 1. The van der Waals surface area contributed by atoms with Gasteiger partial charge < -0.3 is 15.2 Å². The van der Waals surface area contributed by atoms with E-state index in [2.05, 4.69) is 0 Å². The number of aryl methyl sites for hydroxylation is 1. The Kier molecular flexibility index (Phi) is 3.17. The Morgan fingerprint density at radius 1 is 1.38 bits per heavy atom. The van der Waals surface area contributed by atoms with Crippen LogP contribution >= 0.6 is 0 Å². The highest BCUT2D eigenvalue weighted by atomic mass is 16.2. The maximum Gasteiger partial charge on any atom is 0.257 e. The zero-order valence-corrected chi connectivity index (χ0v) is 9.78. The average Bonchev–Trinajstić information content (AvgIpc) is 2.70. The Bertz CT molecular complexity index is 378. The molecule has 1 aromatic rings. The van der Waals surface area contributed by atoms with Crippen molar-refractivity contribution in [3.8, 4) is 0 Å². The van der Waals surface area contributed by atoms with Crippen LogP contribution in [-0.4, -0.2) is 28.5 Å². The molecule has 1 fully saturated rings. The molecule has 2 N–H and O–H groups in total. The molecule has 1 aliphatic rings. The molecule has 0 bridgehead atoms. The van der Waals surface area contributed by atoms with E-state index in [-0.39, 0.29) is 5.91 Å². The number of carbonyl (C=O) groups is 1. The van der Waals surface area contributed by atoms with Gasteiger partial charge in [0.2, 0.25) is 0 Å². The third-order valence-corrected chi connectivity index (χ3v) is 3.22. The van der Waals surface area contributed by atoms with E-state index in [0.29, 0.717) is 11.4 Å². The fourth-order valence-corrected chi connectivity index (χ4v) is 2.21. The van der Waals surface area contributed by atoms with Crippen molar-refractivity contribution in [1.29, 1.82) is 0 Å². The monoisotopic (exact) mass is 221 g/mol. The molecular weight excluding hydrogens is 202 g/mol. The number of nitrogens with zero attached hydrogens (tertiary/aromatic N) is 2. The summed E-state index contributed by atoms with van der Waals surface area (Å²) in [7, 11) is 0. The molecule has 4 nitrogen and oxygen atoms in total. The minimum absolute atomic E-state index is 0.0874. The second-order valence-electron chi connectivity index (χ2n) is 4.25. The number of nitrogens with two attached hydrogens (primary N) is 1. The smallest absolute Gasteiger partial charge is 0.257 e. The van der Waals surface area contributed by atoms with Gasteiger partial charge in [-0.25, -0.2) is 0 Å². The molecule has 0 spiro atoms. The third-order valence-electron chi connectivity index (χ3n) is 3.22. The number of rotatable bonds is 2. The summed E-state index contributed by atoms with van der Waals surface area (Å²) in [5, 5.41) is 0. The van der Waals surface area contributed by atoms with Crippen LogP contribution < -0.4 is 5.73 Å². The Morgan fingerprint density at radius 3 is 2.62 bits per heavy atom. The molecule has 0 aromatic carbocycles. The number of nitrogen functional groups attached to an aromatic ring is 1. The Balaban J connectivity index is 2.16. The topological polar surface area (TPSA) is 51.3 Å². The number of hydrogen-bond donors (Lipinski definition) is 1. The van der Waals surface area contributed by atoms with Crippen molar-refractivity contribution in [2.75, 3.05) is 18.8 Å². The van der Waals surface area contributed by atoms with E-state index in [0.717, 1.165) is 32.5 Å². The van der Waals surface area contributed by atoms with E-state index in [1.54, 1.807) is 0 Å². The van der Waals surface area contributed by atoms with Gasteiger partial charge in [0.05, 0.1) is 5.56 Å². The molecule has 88 valence electrons. The lowest BCUT2D eigenvalue weighted by molar-refractivity contribution is 0.0725. The van der Waals surface area contributed by atoms with Gasteiger partial charge in [0.15, 0.2) is 0 Å². The van der Waals surface area contributed by atoms with Crippen LogP contribution in [0.1, 0.15) is 36.5 Å². The van der Waals surface area contributed by atoms with Gasteiger partial charge in [-0.05, 0) is 32.3 Å². The van der Waals surface area contributed by atoms with Crippen LogP contribution in [0.3, 0.4) is 0 Å². The van der Waals surface area contributed by atoms with Gasteiger partial charge in [0.1, 0.15) is 5.82 Å². The van der Waals surface area contributed by atoms with E-state index in [1.807, 2.05) is 28.7 Å². The third kappa shape index (κ3) is 1.92. The largest absolute Gasteiger partial charge is 0.384 e. The predicted octanol–water partition coefficient (Wildman–Crippen LogP) is 1.72. The van der Waals surface area contributed by atoms with Crippen LogP contribution in [0, 0.1) is 0 Å². The van der Waals surface area contributed by atoms with E-state index in [4.69, 9.17) is 5.73 Å². The average molecular weight is 221 g/mol. The van der Waals surface area contributed by atoms with Crippen molar-refractivity contribution in [2.45, 2.75) is 32.7 Å². The highest BCUT2D eigenvalue weighted by molar-refractivity contribution is 5.98. The first-order valence-electron chi connectivity index (χ1n) is 5.98. The maximum absolute atomic E-state index is 12.2. The number of carbonyl (C=O) groups excluding carboxylic acids is 1. The van der Waals surface area contributed by atoms with Gasteiger partial charge in [0, 0.05) is 25.8 Å². The lowest BCUT2D eigenvalue weighted by atomic mass is 10.1. The zero-order chi connectivity index (χ0) is 11.5. The van der Waals surface area contributed by atoms with Crippen molar-refractivity contribution in [1.82, 2.24) is 9.47 Å². The lowest BCUT2D eigenvalue weighted by Crippen LogP contribution is -2.35. The summed E-state index contributed by atoms with van der Waals surface area (Å²) >= 11 is 0. The van der Waals surface area contributed by atoms with Crippen LogP contribution in [0.2, 0.25) is 0 Å². The highest BCUT2D eigenvalue weighted by Gasteiger charge is 2.21. The standard InChI is InChI=1S/C12H19N3O/c1-2-14-9-6-10(11(14)13)12(16)15-7-4-3-5-8-15/h6,9H,2-5,7-8,13H2,1H3. The van der Waals surface area contributed by atoms with Gasteiger partial charge in [-0.2, -0.15) is 0 Å². The van der Waals surface area contributed by atoms with Crippen molar-refractivity contribution in [3.05, 3.63) is 17.8 Å². The molecule has 4 heteroatoms. The molecule has 1 aliphatic heterocycles. The SMILES string of the molecule is CCn1ccc(C(=O)N2CCCCC2)c1N. The summed E-state index contributed by atoms with van der Waals surface area (Å²) < 4.78 is 1.90. The van der Waals surface area contributed by atoms with Crippen LogP contribution in [0.15, 0.2) is 12.3 Å². The molecule has 1 aromatic heterocycles. The molecule has 0 aliphatic carbocycles. The number of anilines is 1. The fraction of sp³-hybridized carbons (Fsp3) is 0.583. The minimum atomic E-state index is 0.0874. The highest BCUT2D eigenvalue weighted by Crippen LogP contribution is 2.18. The van der Waals surface area contributed by atoms with E-state index in [1.165, 1.54) is 6.42 Å². The summed E-state index contributed by atoms with van der Waals surface area (Å²) in [4.78, 5) is 14.1. The molecule has 2 rings (SSSR count). The first-order valence-corrected chi connectivity index (χ1v) is 5.98. The summed E-state index contributed by atoms with van der Waals surface area (Å²) in [6.45, 7) is 4.57. The summed E-state index contributed by atoms with van der Waals surface area (Å²) in [6, 6.07) is 1.83. The van der Waals surface area contributed by atoms with Crippen LogP contribution in [-0.2, 0) is 6.54 Å². The van der Waals surface area contributed by atoms with Gasteiger partial charge in [-0.15, -0.1) is 0 Å². The fourth-order valence-electron chi connectivity index (χ4n) is 2.21. The first-order chi connectivity index (χ1) is 7.74. The molecular formula is C12H19N3O. The van der Waals surface area contributed by atoms with Crippen molar-refractivity contribution in [2.24, 2.45) is 0 Å². The molecule has 1 saturated heterocycles. The quantitative estimate of drug-likeness (QED) is 0.826. The van der Waals surface area contributed by atoms with Crippen molar-refractivity contribution in [3.63, 3.8) is 0 Å². The van der Waals surface area contributed by atoms with Crippen LogP contribution in [0.5, 0.6) is 0 Å². The summed E-state index contributed by atoms with van der Waals surface area (Å²) in [5.74, 6) is 0.683. The van der Waals surface area contributed by atoms with Crippen molar-refractivity contribution >= 4 is 11.7 Å². The Morgan fingerprint density at radius 2 is 2.06 bits per heavy atom. The van der Waals surface area contributed by atoms with E-state index < -0.39 is 0 Å². The summed E-state index contributed by atoms with van der Waals surface area (Å²) in [6.07, 6.45) is 5.34. The molecule has 0 unspecified atom stereocenters. The normalized spacial score (nSPS) is 16.4. The molecule has 0 saturated carbocycles. The van der Waals surface area contributed by atoms with Gasteiger partial charge in [-0.3, -0.25) is 4.79 Å². The number of likely N-dealkylation sites (tertiary alicyclic amines) is 1.